The lowest BCUT2D eigenvalue weighted by Gasteiger charge is -2.33. The molecule has 0 aromatic heterocycles. The van der Waals surface area contributed by atoms with Gasteiger partial charge in [0.05, 0.1) is 7.11 Å². The van der Waals surface area contributed by atoms with Crippen LogP contribution in [0.2, 0.25) is 0 Å². The van der Waals surface area contributed by atoms with Crippen molar-refractivity contribution in [3.05, 3.63) is 24.3 Å². The maximum Gasteiger partial charge on any atom is 0.319 e. The van der Waals surface area contributed by atoms with Gasteiger partial charge in [-0.3, -0.25) is 4.79 Å². The van der Waals surface area contributed by atoms with Crippen LogP contribution in [0.15, 0.2) is 24.3 Å². The summed E-state index contributed by atoms with van der Waals surface area (Å²) >= 11 is 0. The summed E-state index contributed by atoms with van der Waals surface area (Å²) in [6.45, 7) is 1.24. The predicted octanol–water partition coefficient (Wildman–Crippen LogP) is 1.34. The molecule has 1 fully saturated rings. The van der Waals surface area contributed by atoms with Gasteiger partial charge in [-0.25, -0.2) is 4.79 Å². The highest BCUT2D eigenvalue weighted by Gasteiger charge is 2.24. The summed E-state index contributed by atoms with van der Waals surface area (Å²) in [4.78, 5) is 27.3. The second-order valence-electron chi connectivity index (χ2n) is 5.95. The lowest BCUT2D eigenvalue weighted by molar-refractivity contribution is -0.124. The molecule has 7 heteroatoms. The molecule has 2 rings (SSSR count). The number of carbonyl (C=O) groups is 2. The predicted molar refractivity (Wildman–Crippen MR) is 90.3 cm³/mol. The van der Waals surface area contributed by atoms with E-state index in [-0.39, 0.29) is 24.6 Å². The lowest BCUT2D eigenvalue weighted by atomic mass is 10.1. The van der Waals surface area contributed by atoms with E-state index in [0.29, 0.717) is 24.6 Å². The van der Waals surface area contributed by atoms with Crippen LogP contribution in [0.5, 0.6) is 11.5 Å². The second-order valence-corrected chi connectivity index (χ2v) is 5.95. The Morgan fingerprint density at radius 3 is 2.42 bits per heavy atom. The van der Waals surface area contributed by atoms with Crippen molar-refractivity contribution in [3.63, 3.8) is 0 Å². The molecular weight excluding hydrogens is 310 g/mol. The fourth-order valence-corrected chi connectivity index (χ4v) is 2.65. The van der Waals surface area contributed by atoms with E-state index in [1.807, 2.05) is 12.1 Å². The summed E-state index contributed by atoms with van der Waals surface area (Å²) in [5, 5.41) is 2.96. The van der Waals surface area contributed by atoms with Crippen molar-refractivity contribution in [1.82, 2.24) is 15.1 Å². The van der Waals surface area contributed by atoms with Gasteiger partial charge in [-0.1, -0.05) is 12.1 Å². The standard InChI is InChI=1S/C17H25N3O4/c1-19(2)17(22)20-10-8-13(9-11-20)18-16(21)12-24-15-7-5-4-6-14(15)23-3/h4-7,13H,8-12H2,1-3H3,(H,18,21). The van der Waals surface area contributed by atoms with E-state index in [1.165, 1.54) is 0 Å². The molecular formula is C17H25N3O4. The molecule has 1 aromatic carbocycles. The van der Waals surface area contributed by atoms with E-state index < -0.39 is 0 Å². The fourth-order valence-electron chi connectivity index (χ4n) is 2.65. The second kappa shape index (κ2) is 8.42. The van der Waals surface area contributed by atoms with Gasteiger partial charge in [0.15, 0.2) is 18.1 Å². The Bertz CT molecular complexity index is 569. The molecule has 1 aliphatic rings. The maximum absolute atomic E-state index is 12.0. The van der Waals surface area contributed by atoms with Crippen LogP contribution in [0, 0.1) is 0 Å². The Labute approximate surface area is 142 Å². The molecule has 0 atom stereocenters. The van der Waals surface area contributed by atoms with Gasteiger partial charge in [0.25, 0.3) is 5.91 Å². The minimum atomic E-state index is -0.168. The molecule has 0 radical (unpaired) electrons. The van der Waals surface area contributed by atoms with Crippen LogP contribution in [-0.2, 0) is 4.79 Å². The lowest BCUT2D eigenvalue weighted by Crippen LogP contribution is -2.49. The number of methoxy groups -OCH3 is 1. The Morgan fingerprint density at radius 1 is 1.21 bits per heavy atom. The molecule has 132 valence electrons. The number of carbonyl (C=O) groups excluding carboxylic acids is 2. The van der Waals surface area contributed by atoms with Gasteiger partial charge in [0.2, 0.25) is 0 Å². The van der Waals surface area contributed by atoms with Gasteiger partial charge >= 0.3 is 6.03 Å². The van der Waals surface area contributed by atoms with Crippen molar-refractivity contribution in [2.24, 2.45) is 0 Å². The number of hydrogen-bond acceptors (Lipinski definition) is 4. The number of para-hydroxylation sites is 2. The van der Waals surface area contributed by atoms with Gasteiger partial charge in [-0.15, -0.1) is 0 Å². The quantitative estimate of drug-likeness (QED) is 0.881. The third kappa shape index (κ3) is 4.78. The van der Waals surface area contributed by atoms with Crippen LogP contribution >= 0.6 is 0 Å². The van der Waals surface area contributed by atoms with E-state index in [0.717, 1.165) is 12.8 Å². The zero-order valence-corrected chi connectivity index (χ0v) is 14.4. The highest BCUT2D eigenvalue weighted by Crippen LogP contribution is 2.25. The molecule has 0 unspecified atom stereocenters. The molecule has 1 aliphatic heterocycles. The fraction of sp³-hybridized carbons (Fsp3) is 0.529. The van der Waals surface area contributed by atoms with Crippen molar-refractivity contribution in [1.29, 1.82) is 0 Å². The van der Waals surface area contributed by atoms with Crippen molar-refractivity contribution in [2.75, 3.05) is 40.9 Å². The maximum atomic E-state index is 12.0. The SMILES string of the molecule is COc1ccccc1OCC(=O)NC1CCN(C(=O)N(C)C)CC1. The zero-order chi connectivity index (χ0) is 17.5. The van der Waals surface area contributed by atoms with Gasteiger partial charge in [0, 0.05) is 33.2 Å². The largest absolute Gasteiger partial charge is 0.493 e. The average molecular weight is 335 g/mol. The van der Waals surface area contributed by atoms with E-state index in [4.69, 9.17) is 9.47 Å². The normalized spacial score (nSPS) is 14.9. The number of hydrogen-bond donors (Lipinski definition) is 1. The first-order valence-corrected chi connectivity index (χ1v) is 8.02. The number of amides is 3. The molecule has 1 saturated heterocycles. The molecule has 24 heavy (non-hydrogen) atoms. The van der Waals surface area contributed by atoms with Crippen LogP contribution in [0.3, 0.4) is 0 Å². The monoisotopic (exact) mass is 335 g/mol. The number of piperidine rings is 1. The first-order chi connectivity index (χ1) is 11.5. The third-order valence-corrected chi connectivity index (χ3v) is 3.94. The van der Waals surface area contributed by atoms with Crippen molar-refractivity contribution < 1.29 is 19.1 Å². The summed E-state index contributed by atoms with van der Waals surface area (Å²) in [6.07, 6.45) is 1.50. The molecule has 0 aliphatic carbocycles. The highest BCUT2D eigenvalue weighted by atomic mass is 16.5. The Morgan fingerprint density at radius 2 is 1.83 bits per heavy atom. The summed E-state index contributed by atoms with van der Waals surface area (Å²) in [7, 11) is 5.04. The minimum absolute atomic E-state index is 0.0132. The smallest absolute Gasteiger partial charge is 0.319 e. The van der Waals surface area contributed by atoms with Crippen molar-refractivity contribution in [3.8, 4) is 11.5 Å². The molecule has 1 aromatic rings. The molecule has 0 saturated carbocycles. The average Bonchev–Trinajstić information content (AvgIpc) is 2.60. The molecule has 3 amide bonds. The topological polar surface area (TPSA) is 71.1 Å². The molecule has 1 N–H and O–H groups in total. The van der Waals surface area contributed by atoms with Gasteiger partial charge < -0.3 is 24.6 Å². The van der Waals surface area contributed by atoms with Crippen molar-refractivity contribution in [2.45, 2.75) is 18.9 Å². The van der Waals surface area contributed by atoms with Gasteiger partial charge in [-0.05, 0) is 25.0 Å². The van der Waals surface area contributed by atoms with Crippen LogP contribution in [-0.4, -0.2) is 68.7 Å². The number of nitrogens with one attached hydrogen (secondary N) is 1. The molecule has 0 spiro atoms. The van der Waals surface area contributed by atoms with Gasteiger partial charge in [-0.2, -0.15) is 0 Å². The summed E-state index contributed by atoms with van der Waals surface area (Å²) < 4.78 is 10.7. The van der Waals surface area contributed by atoms with E-state index in [2.05, 4.69) is 5.32 Å². The molecule has 0 bridgehead atoms. The Hall–Kier alpha value is -2.44. The van der Waals surface area contributed by atoms with E-state index >= 15 is 0 Å². The summed E-state index contributed by atoms with van der Waals surface area (Å²) in [6, 6.07) is 7.30. The minimum Gasteiger partial charge on any atom is -0.493 e. The van der Waals surface area contributed by atoms with Gasteiger partial charge in [0.1, 0.15) is 0 Å². The van der Waals surface area contributed by atoms with Crippen LogP contribution < -0.4 is 14.8 Å². The molecule has 1 heterocycles. The Kier molecular flexibility index (Phi) is 6.28. The van der Waals surface area contributed by atoms with Crippen LogP contribution in [0.1, 0.15) is 12.8 Å². The van der Waals surface area contributed by atoms with E-state index in [1.54, 1.807) is 43.1 Å². The summed E-state index contributed by atoms with van der Waals surface area (Å²) in [5.74, 6) is 0.973. The zero-order valence-electron chi connectivity index (χ0n) is 14.4. The number of rotatable bonds is 5. The summed E-state index contributed by atoms with van der Waals surface area (Å²) in [5.41, 5.74) is 0. The number of likely N-dealkylation sites (tertiary alicyclic amines) is 1. The highest BCUT2D eigenvalue weighted by molar-refractivity contribution is 5.78. The number of benzene rings is 1. The van der Waals surface area contributed by atoms with Crippen LogP contribution in [0.25, 0.3) is 0 Å². The first-order valence-electron chi connectivity index (χ1n) is 8.02. The number of urea groups is 1. The van der Waals surface area contributed by atoms with Crippen molar-refractivity contribution >= 4 is 11.9 Å². The van der Waals surface area contributed by atoms with Crippen LogP contribution in [0.4, 0.5) is 4.79 Å². The molecule has 7 nitrogen and oxygen atoms in total. The van der Waals surface area contributed by atoms with E-state index in [9.17, 15) is 9.59 Å². The first kappa shape index (κ1) is 17.9. The number of nitrogens with zero attached hydrogens (tertiary/aromatic N) is 2. The number of ether oxygens (including phenoxy) is 2. The Balaban J connectivity index is 1.75. The third-order valence-electron chi connectivity index (χ3n) is 3.94.